The molecule has 0 saturated carbocycles. The van der Waals surface area contributed by atoms with Gasteiger partial charge in [-0.05, 0) is 30.1 Å². The van der Waals surface area contributed by atoms with Crippen molar-refractivity contribution in [2.45, 2.75) is 66.0 Å². The minimum atomic E-state index is -5.03. The predicted octanol–water partition coefficient (Wildman–Crippen LogP) is 2.98. The number of rotatable bonds is 10. The van der Waals surface area contributed by atoms with E-state index in [1.165, 1.54) is 7.11 Å². The molecule has 3 rings (SSSR count). The number of aromatic carboxylic acids is 1. The minimum absolute atomic E-state index is 0.0443. The molecule has 3 amide bonds. The van der Waals surface area contributed by atoms with E-state index in [0.29, 0.717) is 5.06 Å². The number of methoxy groups -OCH3 is 2. The summed E-state index contributed by atoms with van der Waals surface area (Å²) in [7, 11) is -2.64. The number of halogens is 1. The monoisotopic (exact) mass is 591 g/mol. The minimum Gasteiger partial charge on any atom is -0.495 e. The molecular weight excluding hydrogens is 558 g/mol. The molecule has 2 bridgehead atoms. The van der Waals surface area contributed by atoms with Gasteiger partial charge in [-0.1, -0.05) is 46.2 Å². The predicted molar refractivity (Wildman–Crippen MR) is 139 cm³/mol. The lowest BCUT2D eigenvalue weighted by molar-refractivity contribution is -0.122. The average Bonchev–Trinajstić information content (AvgIpc) is 3.03. The van der Waals surface area contributed by atoms with E-state index in [4.69, 9.17) is 35.3 Å². The number of ether oxygens (including phenoxy) is 2. The van der Waals surface area contributed by atoms with Crippen LogP contribution in [0.3, 0.4) is 0 Å². The molecule has 0 spiro atoms. The molecule has 0 aliphatic carbocycles. The third-order valence-corrected chi connectivity index (χ3v) is 8.74. The Morgan fingerprint density at radius 2 is 1.67 bits per heavy atom. The molecule has 2 fully saturated rings. The molecule has 1 aromatic carbocycles. The molecule has 218 valence electrons. The van der Waals surface area contributed by atoms with Crippen LogP contribution in [0, 0.1) is 10.8 Å². The molecule has 0 radical (unpaired) electrons. The van der Waals surface area contributed by atoms with Gasteiger partial charge in [0.1, 0.15) is 22.4 Å². The molecule has 2 aliphatic rings. The molecule has 2 heterocycles. The van der Waals surface area contributed by atoms with E-state index < -0.39 is 62.1 Å². The van der Waals surface area contributed by atoms with Gasteiger partial charge in [0.15, 0.2) is 11.5 Å². The summed E-state index contributed by atoms with van der Waals surface area (Å²) in [5, 5.41) is 10.1. The number of carbonyl (C=O) groups excluding carboxylic acids is 2. The highest BCUT2D eigenvalue weighted by Crippen LogP contribution is 2.51. The Morgan fingerprint density at radius 3 is 2.15 bits per heavy atom. The lowest BCUT2D eigenvalue weighted by Crippen LogP contribution is -2.47. The van der Waals surface area contributed by atoms with Crippen molar-refractivity contribution in [3.05, 3.63) is 16.1 Å². The van der Waals surface area contributed by atoms with Crippen molar-refractivity contribution >= 4 is 39.9 Å². The van der Waals surface area contributed by atoms with Crippen LogP contribution < -0.4 is 19.4 Å². The number of carboxylic acid groups (broad SMARTS) is 1. The average molecular weight is 592 g/mol. The Balaban J connectivity index is 2.10. The SMILES string of the molecule is COc1c(Cl)c(OS(=O)(=O)ON2C(=O)N3C[C@H]2CC[C@H]3C(N)=O)c(CC(C)(C)C(C)(C)C)c(OC)c1C(=O)O. The zero-order chi connectivity index (χ0) is 29.7. The van der Waals surface area contributed by atoms with E-state index in [1.807, 2.05) is 34.6 Å². The smallest absolute Gasteiger partial charge is 0.470 e. The first kappa shape index (κ1) is 30.6. The van der Waals surface area contributed by atoms with Crippen LogP contribution in [0.1, 0.15) is 63.4 Å². The van der Waals surface area contributed by atoms with E-state index in [2.05, 4.69) is 0 Å². The molecule has 13 nitrogen and oxygen atoms in total. The fourth-order valence-electron chi connectivity index (χ4n) is 4.51. The Labute approximate surface area is 232 Å². The molecule has 1 aromatic rings. The molecule has 2 atom stereocenters. The number of hydrogen-bond acceptors (Lipinski definition) is 9. The van der Waals surface area contributed by atoms with E-state index in [9.17, 15) is 27.9 Å². The number of primary amides is 1. The molecule has 15 heteroatoms. The van der Waals surface area contributed by atoms with Gasteiger partial charge in [0.25, 0.3) is 0 Å². The molecule has 2 saturated heterocycles. The Kier molecular flexibility index (Phi) is 8.26. The van der Waals surface area contributed by atoms with Crippen molar-refractivity contribution < 1.29 is 45.8 Å². The van der Waals surface area contributed by atoms with Gasteiger partial charge >= 0.3 is 22.4 Å². The summed E-state index contributed by atoms with van der Waals surface area (Å²) in [5.74, 6) is -3.17. The molecule has 0 unspecified atom stereocenters. The number of benzene rings is 1. The molecule has 3 N–H and O–H groups in total. The molecule has 0 aromatic heterocycles. The van der Waals surface area contributed by atoms with Gasteiger partial charge in [0.05, 0.1) is 20.3 Å². The largest absolute Gasteiger partial charge is 0.495 e. The quantitative estimate of drug-likeness (QED) is 0.411. The van der Waals surface area contributed by atoms with E-state index in [0.717, 1.165) is 12.0 Å². The third kappa shape index (κ3) is 5.68. The zero-order valence-electron chi connectivity index (χ0n) is 22.9. The van der Waals surface area contributed by atoms with Crippen LogP contribution in [0.15, 0.2) is 0 Å². The highest BCUT2D eigenvalue weighted by atomic mass is 35.5. The second kappa shape index (κ2) is 10.5. The number of hydrogen-bond donors (Lipinski definition) is 2. The van der Waals surface area contributed by atoms with Crippen molar-refractivity contribution in [2.24, 2.45) is 16.6 Å². The van der Waals surface area contributed by atoms with Crippen LogP contribution in [-0.2, 0) is 25.9 Å². The van der Waals surface area contributed by atoms with Crippen LogP contribution in [0.5, 0.6) is 17.2 Å². The summed E-state index contributed by atoms with van der Waals surface area (Å²) in [5.41, 5.74) is 4.11. The van der Waals surface area contributed by atoms with Crippen molar-refractivity contribution in [3.8, 4) is 17.2 Å². The fraction of sp³-hybridized carbons (Fsp3) is 0.625. The Bertz CT molecular complexity index is 1290. The first-order valence-corrected chi connectivity index (χ1v) is 13.8. The lowest BCUT2D eigenvalue weighted by Gasteiger charge is -2.39. The number of urea groups is 1. The number of nitrogens with zero attached hydrogens (tertiary/aromatic N) is 2. The summed E-state index contributed by atoms with van der Waals surface area (Å²) in [6.07, 6.45) is 0.593. The molecule has 2 aliphatic heterocycles. The number of amides is 3. The van der Waals surface area contributed by atoms with E-state index in [1.54, 1.807) is 0 Å². The van der Waals surface area contributed by atoms with Crippen LogP contribution in [0.25, 0.3) is 0 Å². The summed E-state index contributed by atoms with van der Waals surface area (Å²) < 4.78 is 47.4. The maximum absolute atomic E-state index is 13.2. The van der Waals surface area contributed by atoms with Gasteiger partial charge in [-0.3, -0.25) is 4.79 Å². The second-order valence-electron chi connectivity index (χ2n) is 11.2. The summed E-state index contributed by atoms with van der Waals surface area (Å²) >= 11 is 6.50. The zero-order valence-corrected chi connectivity index (χ0v) is 24.4. The maximum Gasteiger partial charge on any atom is 0.470 e. The van der Waals surface area contributed by atoms with Crippen LogP contribution in [-0.4, -0.2) is 74.2 Å². The maximum atomic E-state index is 13.2. The van der Waals surface area contributed by atoms with Gasteiger partial charge in [-0.15, -0.1) is 4.28 Å². The highest BCUT2D eigenvalue weighted by Gasteiger charge is 2.49. The van der Waals surface area contributed by atoms with Crippen LogP contribution >= 0.6 is 11.6 Å². The molecular formula is C24H34ClN3O10S. The van der Waals surface area contributed by atoms with Gasteiger partial charge in [-0.25, -0.2) is 9.59 Å². The Morgan fingerprint density at radius 1 is 1.08 bits per heavy atom. The van der Waals surface area contributed by atoms with Crippen molar-refractivity contribution in [1.29, 1.82) is 0 Å². The standard InChI is InChI=1S/C24H34ClN3O10S/c1-23(2,3)24(4,5)10-13-17(35-6)15(21(30)31)19(36-7)16(25)18(13)37-39(33,34)38-28-12-8-9-14(20(26)29)27(11-12)22(28)32/h12,14H,8-11H2,1-7H3,(H2,26,29)(H,30,31)/t12-,14+/m1/s1. The third-order valence-electron chi connectivity index (χ3n) is 7.68. The van der Waals surface area contributed by atoms with Crippen molar-refractivity contribution in [3.63, 3.8) is 0 Å². The van der Waals surface area contributed by atoms with Crippen LogP contribution in [0.2, 0.25) is 5.02 Å². The summed E-state index contributed by atoms with van der Waals surface area (Å²) in [6.45, 7) is 9.76. The summed E-state index contributed by atoms with van der Waals surface area (Å²) in [6, 6.07) is -2.41. The van der Waals surface area contributed by atoms with Gasteiger partial charge in [0.2, 0.25) is 5.91 Å². The van der Waals surface area contributed by atoms with Gasteiger partial charge in [-0.2, -0.15) is 13.5 Å². The normalized spacial score (nSPS) is 19.7. The topological polar surface area (TPSA) is 175 Å². The second-order valence-corrected chi connectivity index (χ2v) is 12.7. The first-order valence-electron chi connectivity index (χ1n) is 12.1. The highest BCUT2D eigenvalue weighted by molar-refractivity contribution is 7.82. The first-order chi connectivity index (χ1) is 17.9. The van der Waals surface area contributed by atoms with Gasteiger partial charge in [0, 0.05) is 12.1 Å². The number of fused-ring (bicyclic) bond motifs is 2. The Hall–Kier alpha value is -2.97. The number of carboxylic acids is 1. The number of nitrogens with two attached hydrogens (primary N) is 1. The lowest BCUT2D eigenvalue weighted by atomic mass is 9.66. The van der Waals surface area contributed by atoms with E-state index >= 15 is 0 Å². The van der Waals surface area contributed by atoms with Crippen molar-refractivity contribution in [1.82, 2.24) is 9.96 Å². The van der Waals surface area contributed by atoms with Gasteiger partial charge < -0.3 is 29.4 Å². The fourth-order valence-corrected chi connectivity index (χ4v) is 5.68. The number of hydroxylamine groups is 2. The number of piperidine rings is 1. The summed E-state index contributed by atoms with van der Waals surface area (Å²) in [4.78, 5) is 37.9. The van der Waals surface area contributed by atoms with Crippen molar-refractivity contribution in [2.75, 3.05) is 20.8 Å². The molecule has 39 heavy (non-hydrogen) atoms. The van der Waals surface area contributed by atoms with Crippen LogP contribution in [0.4, 0.5) is 4.79 Å². The van der Waals surface area contributed by atoms with E-state index in [-0.39, 0.29) is 48.3 Å². The number of carbonyl (C=O) groups is 3.